The molecule has 1 heterocycles. The van der Waals surface area contributed by atoms with E-state index in [1.165, 1.54) is 0 Å². The lowest BCUT2D eigenvalue weighted by atomic mass is 10.2. The second kappa shape index (κ2) is 4.64. The molecule has 4 nitrogen and oxygen atoms in total. The van der Waals surface area contributed by atoms with Crippen LogP contribution in [0.1, 0.15) is 0 Å². The number of rotatable bonds is 2. The number of nitrogens with one attached hydrogen (secondary N) is 2. The SMILES string of the molecule is Nc1cc2cn[nH]c2cc1Nc1cc(Cl)cc(Cl)c1. The molecule has 3 aromatic rings. The second-order valence-corrected chi connectivity index (χ2v) is 5.05. The van der Waals surface area contributed by atoms with Crippen LogP contribution in [0.2, 0.25) is 10.0 Å². The van der Waals surface area contributed by atoms with Crippen molar-refractivity contribution in [1.29, 1.82) is 0 Å². The summed E-state index contributed by atoms with van der Waals surface area (Å²) in [6, 6.07) is 8.99. The Hall–Kier alpha value is -1.91. The number of fused-ring (bicyclic) bond motifs is 1. The molecular formula is C13H10Cl2N4. The van der Waals surface area contributed by atoms with E-state index in [1.54, 1.807) is 24.4 Å². The van der Waals surface area contributed by atoms with Gasteiger partial charge >= 0.3 is 0 Å². The Kier molecular flexibility index (Phi) is 2.97. The Bertz CT molecular complexity index is 731. The number of halogens is 2. The molecule has 0 unspecified atom stereocenters. The number of aromatic amines is 1. The topological polar surface area (TPSA) is 66.7 Å². The number of aromatic nitrogens is 2. The molecule has 96 valence electrons. The summed E-state index contributed by atoms with van der Waals surface area (Å²) in [5.74, 6) is 0. The molecule has 19 heavy (non-hydrogen) atoms. The van der Waals surface area contributed by atoms with Gasteiger partial charge in [-0.3, -0.25) is 5.10 Å². The number of nitrogens with two attached hydrogens (primary N) is 1. The number of anilines is 3. The van der Waals surface area contributed by atoms with Crippen LogP contribution in [0.4, 0.5) is 17.1 Å². The molecule has 0 amide bonds. The van der Waals surface area contributed by atoms with Gasteiger partial charge in [-0.05, 0) is 30.3 Å². The quantitative estimate of drug-likeness (QED) is 0.620. The van der Waals surface area contributed by atoms with Crippen molar-refractivity contribution in [1.82, 2.24) is 10.2 Å². The molecule has 0 atom stereocenters. The third kappa shape index (κ3) is 2.45. The third-order valence-corrected chi connectivity index (χ3v) is 3.19. The molecule has 0 saturated carbocycles. The Morgan fingerprint density at radius 3 is 2.53 bits per heavy atom. The Balaban J connectivity index is 2.02. The summed E-state index contributed by atoms with van der Waals surface area (Å²) in [5.41, 5.74) is 9.09. The van der Waals surface area contributed by atoms with E-state index in [0.29, 0.717) is 15.7 Å². The summed E-state index contributed by atoms with van der Waals surface area (Å²) in [6.07, 6.45) is 1.73. The smallest absolute Gasteiger partial charge is 0.0672 e. The summed E-state index contributed by atoms with van der Waals surface area (Å²) in [5, 5.41) is 12.2. The second-order valence-electron chi connectivity index (χ2n) is 4.18. The average Bonchev–Trinajstić information content (AvgIpc) is 2.75. The Morgan fingerprint density at radius 2 is 1.79 bits per heavy atom. The van der Waals surface area contributed by atoms with Crippen LogP contribution < -0.4 is 11.1 Å². The first-order chi connectivity index (χ1) is 9.11. The standard InChI is InChI=1S/C13H10Cl2N4/c14-8-2-9(15)4-10(3-8)18-13-5-12-7(1-11(13)16)6-17-19-12/h1-6,18H,16H2,(H,17,19). The van der Waals surface area contributed by atoms with E-state index < -0.39 is 0 Å². The highest BCUT2D eigenvalue weighted by atomic mass is 35.5. The van der Waals surface area contributed by atoms with Gasteiger partial charge in [-0.1, -0.05) is 23.2 Å². The summed E-state index contributed by atoms with van der Waals surface area (Å²) < 4.78 is 0. The highest BCUT2D eigenvalue weighted by Crippen LogP contribution is 2.30. The Labute approximate surface area is 119 Å². The fourth-order valence-corrected chi connectivity index (χ4v) is 2.42. The summed E-state index contributed by atoms with van der Waals surface area (Å²) >= 11 is 11.9. The van der Waals surface area contributed by atoms with Gasteiger partial charge in [0, 0.05) is 21.1 Å². The van der Waals surface area contributed by atoms with E-state index in [4.69, 9.17) is 28.9 Å². The van der Waals surface area contributed by atoms with Gasteiger partial charge in [0.2, 0.25) is 0 Å². The average molecular weight is 293 g/mol. The summed E-state index contributed by atoms with van der Waals surface area (Å²) in [7, 11) is 0. The molecule has 0 fully saturated rings. The van der Waals surface area contributed by atoms with Gasteiger partial charge in [-0.2, -0.15) is 5.10 Å². The molecule has 0 aliphatic carbocycles. The van der Waals surface area contributed by atoms with Crippen molar-refractivity contribution in [3.63, 3.8) is 0 Å². The van der Waals surface area contributed by atoms with Crippen LogP contribution in [0, 0.1) is 0 Å². The first-order valence-corrected chi connectivity index (χ1v) is 6.33. The van der Waals surface area contributed by atoms with Crippen LogP contribution in [0.25, 0.3) is 10.9 Å². The Morgan fingerprint density at radius 1 is 1.05 bits per heavy atom. The molecule has 2 aromatic carbocycles. The number of hydrogen-bond donors (Lipinski definition) is 3. The molecule has 6 heteroatoms. The largest absolute Gasteiger partial charge is 0.397 e. The molecule has 4 N–H and O–H groups in total. The van der Waals surface area contributed by atoms with Crippen molar-refractivity contribution in [2.24, 2.45) is 0 Å². The van der Waals surface area contributed by atoms with Gasteiger partial charge in [0.15, 0.2) is 0 Å². The van der Waals surface area contributed by atoms with Gasteiger partial charge < -0.3 is 11.1 Å². The van der Waals surface area contributed by atoms with Crippen molar-refractivity contribution >= 4 is 51.2 Å². The summed E-state index contributed by atoms with van der Waals surface area (Å²) in [4.78, 5) is 0. The zero-order valence-electron chi connectivity index (χ0n) is 9.74. The van der Waals surface area contributed by atoms with E-state index in [2.05, 4.69) is 15.5 Å². The van der Waals surface area contributed by atoms with Crippen molar-refractivity contribution in [2.45, 2.75) is 0 Å². The predicted molar refractivity (Wildman–Crippen MR) is 80.3 cm³/mol. The van der Waals surface area contributed by atoms with Crippen molar-refractivity contribution < 1.29 is 0 Å². The lowest BCUT2D eigenvalue weighted by Gasteiger charge is -2.10. The normalized spacial score (nSPS) is 10.8. The number of H-pyrrole nitrogens is 1. The number of nitrogen functional groups attached to an aromatic ring is 1. The van der Waals surface area contributed by atoms with E-state index in [-0.39, 0.29) is 0 Å². The maximum absolute atomic E-state index is 6.00. The first-order valence-electron chi connectivity index (χ1n) is 5.57. The van der Waals surface area contributed by atoms with Crippen LogP contribution in [-0.2, 0) is 0 Å². The van der Waals surface area contributed by atoms with Crippen LogP contribution in [-0.4, -0.2) is 10.2 Å². The van der Waals surface area contributed by atoms with Crippen molar-refractivity contribution in [3.05, 3.63) is 46.6 Å². The number of benzene rings is 2. The molecule has 0 aliphatic heterocycles. The fraction of sp³-hybridized carbons (Fsp3) is 0. The molecule has 3 rings (SSSR count). The maximum Gasteiger partial charge on any atom is 0.0672 e. The highest BCUT2D eigenvalue weighted by molar-refractivity contribution is 6.35. The molecule has 0 saturated heterocycles. The fourth-order valence-electron chi connectivity index (χ4n) is 1.90. The lowest BCUT2D eigenvalue weighted by Crippen LogP contribution is -1.96. The highest BCUT2D eigenvalue weighted by Gasteiger charge is 2.05. The molecule has 0 radical (unpaired) electrons. The van der Waals surface area contributed by atoms with Gasteiger partial charge in [0.05, 0.1) is 23.1 Å². The third-order valence-electron chi connectivity index (χ3n) is 2.75. The zero-order chi connectivity index (χ0) is 13.4. The molecule has 0 spiro atoms. The van der Waals surface area contributed by atoms with E-state index in [1.807, 2.05) is 12.1 Å². The van der Waals surface area contributed by atoms with E-state index >= 15 is 0 Å². The molecule has 0 bridgehead atoms. The van der Waals surface area contributed by atoms with E-state index in [0.717, 1.165) is 22.3 Å². The van der Waals surface area contributed by atoms with Gasteiger partial charge in [-0.15, -0.1) is 0 Å². The van der Waals surface area contributed by atoms with Crippen molar-refractivity contribution in [2.75, 3.05) is 11.1 Å². The van der Waals surface area contributed by atoms with Gasteiger partial charge in [-0.25, -0.2) is 0 Å². The number of nitrogens with zero attached hydrogens (tertiary/aromatic N) is 1. The van der Waals surface area contributed by atoms with Gasteiger partial charge in [0.25, 0.3) is 0 Å². The van der Waals surface area contributed by atoms with Crippen LogP contribution in [0.3, 0.4) is 0 Å². The van der Waals surface area contributed by atoms with Gasteiger partial charge in [0.1, 0.15) is 0 Å². The minimum absolute atomic E-state index is 0.566. The summed E-state index contributed by atoms with van der Waals surface area (Å²) in [6.45, 7) is 0. The monoisotopic (exact) mass is 292 g/mol. The molecule has 1 aromatic heterocycles. The lowest BCUT2D eigenvalue weighted by molar-refractivity contribution is 1.12. The van der Waals surface area contributed by atoms with E-state index in [9.17, 15) is 0 Å². The minimum atomic E-state index is 0.566. The molecule has 0 aliphatic rings. The first kappa shape index (κ1) is 12.1. The predicted octanol–water partition coefficient (Wildman–Crippen LogP) is 4.20. The molecular weight excluding hydrogens is 283 g/mol. The number of hydrogen-bond acceptors (Lipinski definition) is 3. The maximum atomic E-state index is 6.00. The zero-order valence-corrected chi connectivity index (χ0v) is 11.3. The van der Waals surface area contributed by atoms with Crippen LogP contribution in [0.5, 0.6) is 0 Å². The minimum Gasteiger partial charge on any atom is -0.397 e. The van der Waals surface area contributed by atoms with Crippen LogP contribution >= 0.6 is 23.2 Å². The van der Waals surface area contributed by atoms with Crippen LogP contribution in [0.15, 0.2) is 36.5 Å². The van der Waals surface area contributed by atoms with Crippen molar-refractivity contribution in [3.8, 4) is 0 Å².